The van der Waals surface area contributed by atoms with Crippen molar-refractivity contribution in [1.29, 1.82) is 0 Å². The lowest BCUT2D eigenvalue weighted by molar-refractivity contribution is 0.267. The zero-order valence-corrected chi connectivity index (χ0v) is 19.6. The molecule has 0 saturated heterocycles. The van der Waals surface area contributed by atoms with Gasteiger partial charge in [-0.2, -0.15) is 0 Å². The van der Waals surface area contributed by atoms with Crippen LogP contribution < -0.4 is 14.8 Å². The minimum Gasteiger partial charge on any atom is -0.490 e. The molecule has 3 nitrogen and oxygen atoms in total. The second kappa shape index (κ2) is 10.7. The van der Waals surface area contributed by atoms with E-state index in [0.717, 1.165) is 38.3 Å². The van der Waals surface area contributed by atoms with E-state index in [1.807, 2.05) is 37.3 Å². The molecule has 0 radical (unpaired) electrons. The van der Waals surface area contributed by atoms with E-state index in [0.29, 0.717) is 24.8 Å². The maximum absolute atomic E-state index is 6.25. The monoisotopic (exact) mass is 521 g/mol. The van der Waals surface area contributed by atoms with Crippen molar-refractivity contribution < 1.29 is 9.47 Å². The molecule has 0 aliphatic carbocycles. The fourth-order valence-electron chi connectivity index (χ4n) is 2.95. The van der Waals surface area contributed by atoms with E-state index in [-0.39, 0.29) is 0 Å². The number of rotatable bonds is 9. The van der Waals surface area contributed by atoms with Crippen LogP contribution in [-0.4, -0.2) is 6.61 Å². The molecule has 5 heteroatoms. The van der Waals surface area contributed by atoms with Gasteiger partial charge in [0.25, 0.3) is 0 Å². The van der Waals surface area contributed by atoms with Gasteiger partial charge < -0.3 is 14.8 Å². The van der Waals surface area contributed by atoms with Gasteiger partial charge in [-0.1, -0.05) is 48.9 Å². The molecule has 0 saturated carbocycles. The summed E-state index contributed by atoms with van der Waals surface area (Å²) in [7, 11) is 0. The first-order chi connectivity index (χ1) is 14.1. The number of hydrogen-bond donors (Lipinski definition) is 1. The zero-order chi connectivity index (χ0) is 20.6. The first-order valence-electron chi connectivity index (χ1n) is 9.75. The summed E-state index contributed by atoms with van der Waals surface area (Å²) < 4.78 is 13.0. The van der Waals surface area contributed by atoms with E-state index in [9.17, 15) is 0 Å². The van der Waals surface area contributed by atoms with Crippen molar-refractivity contribution in [2.75, 3.05) is 11.9 Å². The number of halogens is 2. The molecule has 0 fully saturated rings. The summed E-state index contributed by atoms with van der Waals surface area (Å²) in [6.07, 6.45) is 1.05. The van der Waals surface area contributed by atoms with Gasteiger partial charge >= 0.3 is 0 Å². The van der Waals surface area contributed by atoms with E-state index in [2.05, 4.69) is 65.2 Å². The van der Waals surface area contributed by atoms with Gasteiger partial charge in [-0.3, -0.25) is 0 Å². The van der Waals surface area contributed by atoms with Crippen molar-refractivity contribution in [3.8, 4) is 11.5 Å². The van der Waals surface area contributed by atoms with Crippen LogP contribution in [0.5, 0.6) is 11.5 Å². The number of nitrogens with one attached hydrogen (secondary N) is 1. The van der Waals surface area contributed by atoms with Crippen molar-refractivity contribution in [2.45, 2.75) is 33.4 Å². The molecule has 152 valence electrons. The second-order valence-electron chi connectivity index (χ2n) is 6.62. The van der Waals surface area contributed by atoms with Crippen LogP contribution in [0.2, 0.25) is 5.02 Å². The summed E-state index contributed by atoms with van der Waals surface area (Å²) in [5, 5.41) is 4.18. The first kappa shape index (κ1) is 21.8. The van der Waals surface area contributed by atoms with Crippen molar-refractivity contribution >= 4 is 39.9 Å². The average Bonchev–Trinajstić information content (AvgIpc) is 2.73. The van der Waals surface area contributed by atoms with Crippen LogP contribution in [0.4, 0.5) is 5.69 Å². The first-order valence-corrected chi connectivity index (χ1v) is 11.2. The number of anilines is 1. The molecule has 0 aromatic heterocycles. The molecule has 1 N–H and O–H groups in total. The largest absolute Gasteiger partial charge is 0.490 e. The predicted octanol–water partition coefficient (Wildman–Crippen LogP) is 7.10. The molecule has 0 amide bonds. The van der Waals surface area contributed by atoms with Crippen molar-refractivity contribution in [3.63, 3.8) is 0 Å². The smallest absolute Gasteiger partial charge is 0.174 e. The quantitative estimate of drug-likeness (QED) is 0.305. The summed E-state index contributed by atoms with van der Waals surface area (Å²) >= 11 is 8.55. The summed E-state index contributed by atoms with van der Waals surface area (Å²) in [5.41, 5.74) is 4.54. The van der Waals surface area contributed by atoms with Gasteiger partial charge in [0, 0.05) is 22.8 Å². The van der Waals surface area contributed by atoms with Gasteiger partial charge in [0.2, 0.25) is 0 Å². The molecule has 0 atom stereocenters. The Morgan fingerprint density at radius 3 is 2.38 bits per heavy atom. The highest BCUT2D eigenvalue weighted by Crippen LogP contribution is 2.35. The highest BCUT2D eigenvalue weighted by Gasteiger charge is 2.13. The fourth-order valence-corrected chi connectivity index (χ4v) is 3.97. The molecule has 3 rings (SSSR count). The SMILES string of the molecule is CCOc1cc(CNc2ccc(CC)cc2)cc(I)c1OCc1ccccc1Cl. The van der Waals surface area contributed by atoms with Crippen LogP contribution in [0, 0.1) is 3.57 Å². The Morgan fingerprint density at radius 1 is 0.931 bits per heavy atom. The van der Waals surface area contributed by atoms with E-state index < -0.39 is 0 Å². The lowest BCUT2D eigenvalue weighted by Gasteiger charge is -2.16. The van der Waals surface area contributed by atoms with Crippen LogP contribution in [-0.2, 0) is 19.6 Å². The van der Waals surface area contributed by atoms with Crippen molar-refractivity contribution in [2.24, 2.45) is 0 Å². The number of ether oxygens (including phenoxy) is 2. The van der Waals surface area contributed by atoms with Crippen LogP contribution in [0.25, 0.3) is 0 Å². The van der Waals surface area contributed by atoms with Gasteiger partial charge in [-0.15, -0.1) is 0 Å². The van der Waals surface area contributed by atoms with Gasteiger partial charge in [0.15, 0.2) is 11.5 Å². The van der Waals surface area contributed by atoms with Crippen molar-refractivity contribution in [1.82, 2.24) is 0 Å². The maximum atomic E-state index is 6.25. The summed E-state index contributed by atoms with van der Waals surface area (Å²) in [4.78, 5) is 0. The minimum atomic E-state index is 0.400. The molecule has 3 aromatic carbocycles. The lowest BCUT2D eigenvalue weighted by atomic mass is 10.1. The van der Waals surface area contributed by atoms with E-state index >= 15 is 0 Å². The van der Waals surface area contributed by atoms with Gasteiger partial charge in [-0.05, 0) is 77.4 Å². The normalized spacial score (nSPS) is 10.6. The van der Waals surface area contributed by atoms with E-state index in [4.69, 9.17) is 21.1 Å². The molecule has 3 aromatic rings. The Labute approximate surface area is 191 Å². The molecule has 0 bridgehead atoms. The third-order valence-electron chi connectivity index (χ3n) is 4.56. The van der Waals surface area contributed by atoms with Crippen LogP contribution >= 0.6 is 34.2 Å². The Kier molecular flexibility index (Phi) is 8.07. The Morgan fingerprint density at radius 2 is 1.69 bits per heavy atom. The van der Waals surface area contributed by atoms with Gasteiger partial charge in [-0.25, -0.2) is 0 Å². The minimum absolute atomic E-state index is 0.400. The number of benzene rings is 3. The Hall–Kier alpha value is -1.92. The summed E-state index contributed by atoms with van der Waals surface area (Å²) in [6, 6.07) is 20.4. The lowest BCUT2D eigenvalue weighted by Crippen LogP contribution is -2.05. The zero-order valence-electron chi connectivity index (χ0n) is 16.7. The molecule has 0 unspecified atom stereocenters. The highest BCUT2D eigenvalue weighted by atomic mass is 127. The molecule has 0 spiro atoms. The van der Waals surface area contributed by atoms with Crippen LogP contribution in [0.15, 0.2) is 60.7 Å². The second-order valence-corrected chi connectivity index (χ2v) is 8.19. The molecule has 0 heterocycles. The predicted molar refractivity (Wildman–Crippen MR) is 129 cm³/mol. The van der Waals surface area contributed by atoms with Crippen LogP contribution in [0.3, 0.4) is 0 Å². The Balaban J connectivity index is 1.73. The summed E-state index contributed by atoms with van der Waals surface area (Å²) in [6.45, 7) is 5.83. The summed E-state index contributed by atoms with van der Waals surface area (Å²) in [5.74, 6) is 1.51. The molecule has 0 aliphatic rings. The van der Waals surface area contributed by atoms with E-state index in [1.54, 1.807) is 0 Å². The van der Waals surface area contributed by atoms with Gasteiger partial charge in [0.05, 0.1) is 10.2 Å². The van der Waals surface area contributed by atoms with Crippen molar-refractivity contribution in [3.05, 3.63) is 85.9 Å². The molecular weight excluding hydrogens is 497 g/mol. The Bertz CT molecular complexity index is 944. The van der Waals surface area contributed by atoms with E-state index in [1.165, 1.54) is 5.56 Å². The highest BCUT2D eigenvalue weighted by molar-refractivity contribution is 14.1. The third-order valence-corrected chi connectivity index (χ3v) is 5.73. The third kappa shape index (κ3) is 6.03. The standard InChI is InChI=1S/C24H25ClINO2/c1-3-17-9-11-20(12-10-17)27-15-18-13-22(26)24(23(14-18)28-4-2)29-16-19-7-5-6-8-21(19)25/h5-14,27H,3-4,15-16H2,1-2H3. The van der Waals surface area contributed by atoms with Gasteiger partial charge in [0.1, 0.15) is 6.61 Å². The average molecular weight is 522 g/mol. The molecular formula is C24H25ClINO2. The number of hydrogen-bond acceptors (Lipinski definition) is 3. The molecule has 29 heavy (non-hydrogen) atoms. The maximum Gasteiger partial charge on any atom is 0.174 e. The topological polar surface area (TPSA) is 30.5 Å². The van der Waals surface area contributed by atoms with Crippen LogP contribution in [0.1, 0.15) is 30.5 Å². The fraction of sp³-hybridized carbons (Fsp3) is 0.250. The number of aryl methyl sites for hydroxylation is 1. The molecule has 0 aliphatic heterocycles.